The van der Waals surface area contributed by atoms with Gasteiger partial charge < -0.3 is 29.2 Å². The summed E-state index contributed by atoms with van der Waals surface area (Å²) in [6.45, 7) is 3.24. The van der Waals surface area contributed by atoms with Gasteiger partial charge in [0.05, 0.1) is 30.5 Å². The monoisotopic (exact) mass is 494 g/mol. The third kappa shape index (κ3) is 4.76. The first-order valence-corrected chi connectivity index (χ1v) is 11.8. The largest absolute Gasteiger partial charge is 0.493 e. The number of hydrogen-bond donors (Lipinski definition) is 2. The molecular weight excluding hydrogens is 467 g/mol. The second-order valence-electron chi connectivity index (χ2n) is 8.85. The standard InChI is InChI=1S/C26H27FN4O5/c1-15-9-17-19(30-15)5-6-21(25(17)27)36-26-18-11-22(34-2)23(12-20(18)28-14-29-26)35-13-16(32)10-24(33)31-7-3-4-8-31/h5-6,9,11-12,14,16,30,32H,3-4,7-8,10,13H2,1-2H3. The Morgan fingerprint density at radius 2 is 1.94 bits per heavy atom. The number of benzene rings is 2. The Kier molecular flexibility index (Phi) is 6.60. The van der Waals surface area contributed by atoms with E-state index in [0.29, 0.717) is 33.3 Å². The minimum atomic E-state index is -0.960. The molecule has 10 heteroatoms. The Balaban J connectivity index is 1.35. The molecule has 0 saturated carbocycles. The van der Waals surface area contributed by atoms with E-state index < -0.39 is 11.9 Å². The second kappa shape index (κ2) is 9.98. The summed E-state index contributed by atoms with van der Waals surface area (Å²) in [5, 5.41) is 11.3. The molecule has 36 heavy (non-hydrogen) atoms. The number of amides is 1. The number of methoxy groups -OCH3 is 1. The van der Waals surface area contributed by atoms with Crippen LogP contribution in [0, 0.1) is 12.7 Å². The zero-order valence-electron chi connectivity index (χ0n) is 20.1. The van der Waals surface area contributed by atoms with Gasteiger partial charge in [-0.15, -0.1) is 0 Å². The summed E-state index contributed by atoms with van der Waals surface area (Å²) in [7, 11) is 1.48. The highest BCUT2D eigenvalue weighted by molar-refractivity contribution is 5.87. The molecule has 1 atom stereocenters. The quantitative estimate of drug-likeness (QED) is 0.379. The fraction of sp³-hybridized carbons (Fsp3) is 0.346. The Labute approximate surface area is 206 Å². The van der Waals surface area contributed by atoms with E-state index in [-0.39, 0.29) is 30.6 Å². The van der Waals surface area contributed by atoms with E-state index in [2.05, 4.69) is 15.0 Å². The van der Waals surface area contributed by atoms with E-state index in [1.807, 2.05) is 6.92 Å². The van der Waals surface area contributed by atoms with Crippen molar-refractivity contribution in [2.24, 2.45) is 0 Å². The van der Waals surface area contributed by atoms with Crippen LogP contribution >= 0.6 is 0 Å². The van der Waals surface area contributed by atoms with Gasteiger partial charge in [-0.1, -0.05) is 0 Å². The predicted octanol–water partition coefficient (Wildman–Crippen LogP) is 4.11. The number of aliphatic hydroxyl groups excluding tert-OH is 1. The van der Waals surface area contributed by atoms with E-state index in [0.717, 1.165) is 31.6 Å². The number of rotatable bonds is 8. The van der Waals surface area contributed by atoms with Gasteiger partial charge in [-0.25, -0.2) is 14.4 Å². The minimum absolute atomic E-state index is 0.00731. The molecule has 4 aromatic rings. The molecule has 2 aromatic carbocycles. The molecule has 9 nitrogen and oxygen atoms in total. The molecule has 1 saturated heterocycles. The number of halogens is 1. The number of ether oxygens (including phenoxy) is 3. The zero-order valence-corrected chi connectivity index (χ0v) is 20.1. The molecule has 1 fully saturated rings. The number of nitrogens with one attached hydrogen (secondary N) is 1. The fourth-order valence-electron chi connectivity index (χ4n) is 4.41. The SMILES string of the molecule is COc1cc2c(Oc3ccc4[nH]c(C)cc4c3F)ncnc2cc1OCC(O)CC(=O)N1CCCC1. The van der Waals surface area contributed by atoms with Crippen LogP contribution in [0.3, 0.4) is 0 Å². The van der Waals surface area contributed by atoms with Crippen LogP contribution in [0.15, 0.2) is 36.7 Å². The number of fused-ring (bicyclic) bond motifs is 2. The maximum absolute atomic E-state index is 15.1. The Morgan fingerprint density at radius 1 is 1.14 bits per heavy atom. The number of likely N-dealkylation sites (tertiary alicyclic amines) is 1. The van der Waals surface area contributed by atoms with Crippen molar-refractivity contribution in [2.45, 2.75) is 32.3 Å². The van der Waals surface area contributed by atoms with Crippen LogP contribution in [0.25, 0.3) is 21.8 Å². The lowest BCUT2D eigenvalue weighted by molar-refractivity contribution is -0.132. The number of aliphatic hydroxyl groups is 1. The molecule has 1 aliphatic heterocycles. The lowest BCUT2D eigenvalue weighted by atomic mass is 10.2. The average molecular weight is 495 g/mol. The van der Waals surface area contributed by atoms with Crippen LogP contribution < -0.4 is 14.2 Å². The smallest absolute Gasteiger partial charge is 0.230 e. The summed E-state index contributed by atoms with van der Waals surface area (Å²) in [6, 6.07) is 8.28. The average Bonchev–Trinajstić information content (AvgIpc) is 3.54. The predicted molar refractivity (Wildman–Crippen MR) is 131 cm³/mol. The Bertz CT molecular complexity index is 1420. The number of carbonyl (C=O) groups is 1. The third-order valence-corrected chi connectivity index (χ3v) is 6.23. The van der Waals surface area contributed by atoms with Gasteiger partial charge >= 0.3 is 0 Å². The number of aromatic nitrogens is 3. The van der Waals surface area contributed by atoms with Crippen LogP contribution in [0.1, 0.15) is 25.0 Å². The van der Waals surface area contributed by atoms with Crippen molar-refractivity contribution in [1.29, 1.82) is 0 Å². The fourth-order valence-corrected chi connectivity index (χ4v) is 4.41. The molecule has 0 aliphatic carbocycles. The molecule has 1 unspecified atom stereocenters. The number of aromatic amines is 1. The van der Waals surface area contributed by atoms with E-state index >= 15 is 4.39 Å². The Morgan fingerprint density at radius 3 is 2.72 bits per heavy atom. The summed E-state index contributed by atoms with van der Waals surface area (Å²) in [6.07, 6.45) is 2.33. The first-order valence-electron chi connectivity index (χ1n) is 11.8. The molecule has 0 bridgehead atoms. The molecule has 188 valence electrons. The van der Waals surface area contributed by atoms with E-state index in [1.54, 1.807) is 35.2 Å². The molecule has 1 aliphatic rings. The van der Waals surface area contributed by atoms with Gasteiger partial charge in [0.15, 0.2) is 23.1 Å². The van der Waals surface area contributed by atoms with Gasteiger partial charge in [-0.2, -0.15) is 0 Å². The molecule has 3 heterocycles. The van der Waals surface area contributed by atoms with Crippen LogP contribution in [-0.4, -0.2) is 63.8 Å². The number of hydrogen-bond acceptors (Lipinski definition) is 7. The first-order chi connectivity index (χ1) is 17.4. The maximum atomic E-state index is 15.1. The lowest BCUT2D eigenvalue weighted by Gasteiger charge is -2.19. The van der Waals surface area contributed by atoms with Crippen LogP contribution in [0.4, 0.5) is 4.39 Å². The van der Waals surface area contributed by atoms with Crippen molar-refractivity contribution in [1.82, 2.24) is 19.9 Å². The van der Waals surface area contributed by atoms with Crippen molar-refractivity contribution >= 4 is 27.7 Å². The highest BCUT2D eigenvalue weighted by atomic mass is 19.1. The summed E-state index contributed by atoms with van der Waals surface area (Å²) in [4.78, 5) is 25.6. The summed E-state index contributed by atoms with van der Waals surface area (Å²) in [5.41, 5.74) is 2.01. The molecule has 2 N–H and O–H groups in total. The van der Waals surface area contributed by atoms with Crippen molar-refractivity contribution < 1.29 is 28.5 Å². The summed E-state index contributed by atoms with van der Waals surface area (Å²) in [5.74, 6) is 0.324. The van der Waals surface area contributed by atoms with Gasteiger partial charge in [0.25, 0.3) is 0 Å². The molecular formula is C26H27FN4O5. The third-order valence-electron chi connectivity index (χ3n) is 6.23. The van der Waals surface area contributed by atoms with Crippen molar-refractivity contribution in [3.8, 4) is 23.1 Å². The number of nitrogens with zero attached hydrogens (tertiary/aromatic N) is 3. The van der Waals surface area contributed by atoms with Crippen LogP contribution in [-0.2, 0) is 4.79 Å². The normalized spacial score (nSPS) is 14.4. The topological polar surface area (TPSA) is 110 Å². The number of H-pyrrole nitrogens is 1. The van der Waals surface area contributed by atoms with Crippen molar-refractivity contribution in [3.05, 3.63) is 48.2 Å². The molecule has 1 amide bonds. The van der Waals surface area contributed by atoms with Gasteiger partial charge in [0.2, 0.25) is 11.8 Å². The highest BCUT2D eigenvalue weighted by Crippen LogP contribution is 2.37. The molecule has 0 spiro atoms. The van der Waals surface area contributed by atoms with Crippen molar-refractivity contribution in [2.75, 3.05) is 26.8 Å². The molecule has 5 rings (SSSR count). The van der Waals surface area contributed by atoms with Gasteiger partial charge in [0, 0.05) is 35.8 Å². The molecule has 2 aromatic heterocycles. The van der Waals surface area contributed by atoms with E-state index in [1.165, 1.54) is 13.4 Å². The lowest BCUT2D eigenvalue weighted by Crippen LogP contribution is -2.32. The molecule has 0 radical (unpaired) electrons. The first kappa shape index (κ1) is 23.8. The second-order valence-corrected chi connectivity index (χ2v) is 8.85. The summed E-state index contributed by atoms with van der Waals surface area (Å²) < 4.78 is 32.2. The van der Waals surface area contributed by atoms with Crippen LogP contribution in [0.2, 0.25) is 0 Å². The maximum Gasteiger partial charge on any atom is 0.230 e. The highest BCUT2D eigenvalue weighted by Gasteiger charge is 2.22. The van der Waals surface area contributed by atoms with E-state index in [9.17, 15) is 9.90 Å². The van der Waals surface area contributed by atoms with Gasteiger partial charge in [0.1, 0.15) is 12.9 Å². The van der Waals surface area contributed by atoms with Crippen molar-refractivity contribution in [3.63, 3.8) is 0 Å². The minimum Gasteiger partial charge on any atom is -0.493 e. The van der Waals surface area contributed by atoms with Gasteiger partial charge in [-0.3, -0.25) is 4.79 Å². The number of aryl methyl sites for hydroxylation is 1. The van der Waals surface area contributed by atoms with E-state index in [4.69, 9.17) is 14.2 Å². The Hall–Kier alpha value is -3.92. The number of carbonyl (C=O) groups excluding carboxylic acids is 1. The van der Waals surface area contributed by atoms with Gasteiger partial charge in [-0.05, 0) is 44.0 Å². The zero-order chi connectivity index (χ0) is 25.2. The van der Waals surface area contributed by atoms with Crippen LogP contribution in [0.5, 0.6) is 23.1 Å². The summed E-state index contributed by atoms with van der Waals surface area (Å²) >= 11 is 0.